The minimum absolute atomic E-state index is 1.20. The fraction of sp³-hybridized carbons (Fsp3) is 0.143. The van der Waals surface area contributed by atoms with Crippen molar-refractivity contribution >= 4 is 12.6 Å². The van der Waals surface area contributed by atoms with Gasteiger partial charge in [-0.05, 0) is 0 Å². The molecule has 0 aliphatic rings. The van der Waals surface area contributed by atoms with Gasteiger partial charge in [-0.25, -0.2) is 17.6 Å². The zero-order chi connectivity index (χ0) is 11.7. The predicted molar refractivity (Wildman–Crippen MR) is 42.0 cm³/mol. The first-order chi connectivity index (χ1) is 6.91. The number of rotatable bonds is 2. The highest BCUT2D eigenvalue weighted by Gasteiger charge is 2.30. The van der Waals surface area contributed by atoms with E-state index in [2.05, 4.69) is 0 Å². The fourth-order valence-corrected chi connectivity index (χ4v) is 1.06. The first kappa shape index (κ1) is 12.0. The van der Waals surface area contributed by atoms with Gasteiger partial charge in [0, 0.05) is 0 Å². The van der Waals surface area contributed by atoms with Crippen molar-refractivity contribution in [3.8, 4) is 0 Å². The van der Waals surface area contributed by atoms with Crippen LogP contribution < -0.4 is 5.46 Å². The van der Waals surface area contributed by atoms with Gasteiger partial charge in [-0.2, -0.15) is 0 Å². The van der Waals surface area contributed by atoms with Gasteiger partial charge in [0.15, 0.2) is 23.3 Å². The molecule has 1 aromatic carbocycles. The van der Waals surface area contributed by atoms with Gasteiger partial charge in [-0.15, -0.1) is 0 Å². The molecule has 3 N–H and O–H groups in total. The molecule has 0 saturated heterocycles. The molecule has 15 heavy (non-hydrogen) atoms. The Balaban J connectivity index is 3.59. The number of hydrogen-bond donors (Lipinski definition) is 3. The van der Waals surface area contributed by atoms with Gasteiger partial charge in [0.1, 0.15) is 0 Å². The maximum Gasteiger partial charge on any atom is 0.494 e. The predicted octanol–water partition coefficient (Wildman–Crippen LogP) is -0.585. The number of aliphatic hydroxyl groups excluding tert-OH is 1. The van der Waals surface area contributed by atoms with Crippen LogP contribution in [-0.2, 0) is 6.61 Å². The van der Waals surface area contributed by atoms with Gasteiger partial charge in [-0.1, -0.05) is 0 Å². The standard InChI is InChI=1S/C7H5BF4O3/c9-4-2(1-13)5(10)7(12)3(6(4)11)8(14)15/h13-15H,1H2. The molecule has 0 atom stereocenters. The van der Waals surface area contributed by atoms with E-state index < -0.39 is 48.0 Å². The Labute approximate surface area is 81.7 Å². The van der Waals surface area contributed by atoms with Gasteiger partial charge < -0.3 is 15.2 Å². The summed E-state index contributed by atoms with van der Waals surface area (Å²) < 4.78 is 51.7. The van der Waals surface area contributed by atoms with Gasteiger partial charge in [0.2, 0.25) is 0 Å². The third-order valence-corrected chi connectivity index (χ3v) is 1.80. The second kappa shape index (κ2) is 4.17. The highest BCUT2D eigenvalue weighted by atomic mass is 19.2. The van der Waals surface area contributed by atoms with E-state index in [0.717, 1.165) is 0 Å². The van der Waals surface area contributed by atoms with Crippen LogP contribution in [0.2, 0.25) is 0 Å². The van der Waals surface area contributed by atoms with Crippen molar-refractivity contribution in [3.63, 3.8) is 0 Å². The SMILES string of the molecule is OCc1c(F)c(F)c(B(O)O)c(F)c1F. The van der Waals surface area contributed by atoms with Crippen molar-refractivity contribution in [2.45, 2.75) is 6.61 Å². The monoisotopic (exact) mass is 224 g/mol. The Morgan fingerprint density at radius 1 is 0.867 bits per heavy atom. The summed E-state index contributed by atoms with van der Waals surface area (Å²) in [7, 11) is -2.68. The van der Waals surface area contributed by atoms with Gasteiger partial charge in [0.05, 0.1) is 17.6 Å². The molecular weight excluding hydrogens is 219 g/mol. The zero-order valence-corrected chi connectivity index (χ0v) is 7.14. The van der Waals surface area contributed by atoms with E-state index >= 15 is 0 Å². The van der Waals surface area contributed by atoms with Crippen LogP contribution in [-0.4, -0.2) is 22.3 Å². The molecule has 82 valence electrons. The normalized spacial score (nSPS) is 10.6. The molecule has 0 aliphatic heterocycles. The van der Waals surface area contributed by atoms with Crippen LogP contribution in [0.3, 0.4) is 0 Å². The number of aliphatic hydroxyl groups is 1. The lowest BCUT2D eigenvalue weighted by Crippen LogP contribution is -2.38. The molecular formula is C7H5BF4O3. The van der Waals surface area contributed by atoms with Crippen LogP contribution in [0, 0.1) is 23.3 Å². The van der Waals surface area contributed by atoms with Crippen molar-refractivity contribution in [2.24, 2.45) is 0 Å². The number of hydrogen-bond acceptors (Lipinski definition) is 3. The molecule has 3 nitrogen and oxygen atoms in total. The maximum absolute atomic E-state index is 12.9. The smallest absolute Gasteiger partial charge is 0.423 e. The van der Waals surface area contributed by atoms with E-state index in [1.54, 1.807) is 0 Å². The highest BCUT2D eigenvalue weighted by Crippen LogP contribution is 2.17. The molecule has 0 bridgehead atoms. The summed E-state index contributed by atoms with van der Waals surface area (Å²) in [5, 5.41) is 25.4. The number of benzene rings is 1. The molecule has 0 fully saturated rings. The molecule has 0 radical (unpaired) electrons. The lowest BCUT2D eigenvalue weighted by atomic mass is 9.78. The van der Waals surface area contributed by atoms with E-state index in [1.807, 2.05) is 0 Å². The first-order valence-corrected chi connectivity index (χ1v) is 3.73. The second-order valence-corrected chi connectivity index (χ2v) is 2.68. The molecule has 0 amide bonds. The third-order valence-electron chi connectivity index (χ3n) is 1.80. The lowest BCUT2D eigenvalue weighted by Gasteiger charge is -2.09. The van der Waals surface area contributed by atoms with Crippen LogP contribution >= 0.6 is 0 Å². The quantitative estimate of drug-likeness (QED) is 0.357. The highest BCUT2D eigenvalue weighted by molar-refractivity contribution is 6.58. The minimum Gasteiger partial charge on any atom is -0.423 e. The fourth-order valence-electron chi connectivity index (χ4n) is 1.06. The van der Waals surface area contributed by atoms with Crippen molar-refractivity contribution in [1.29, 1.82) is 0 Å². The summed E-state index contributed by atoms with van der Waals surface area (Å²) in [5.74, 6) is -7.57. The van der Waals surface area contributed by atoms with Crippen LogP contribution in [0.5, 0.6) is 0 Å². The molecule has 0 saturated carbocycles. The summed E-state index contributed by atoms with van der Waals surface area (Å²) in [6.45, 7) is -1.24. The topological polar surface area (TPSA) is 60.7 Å². The Bertz CT molecular complexity index is 367. The Hall–Kier alpha value is -1.12. The van der Waals surface area contributed by atoms with Crippen LogP contribution in [0.1, 0.15) is 5.56 Å². The van der Waals surface area contributed by atoms with Crippen molar-refractivity contribution < 1.29 is 32.7 Å². The van der Waals surface area contributed by atoms with Gasteiger partial charge in [0.25, 0.3) is 0 Å². The minimum atomic E-state index is -2.68. The summed E-state index contributed by atoms with van der Waals surface area (Å²) in [4.78, 5) is 0. The molecule has 0 unspecified atom stereocenters. The lowest BCUT2D eigenvalue weighted by molar-refractivity contribution is 0.263. The average molecular weight is 224 g/mol. The first-order valence-electron chi connectivity index (χ1n) is 3.73. The van der Waals surface area contributed by atoms with E-state index in [1.165, 1.54) is 0 Å². The third kappa shape index (κ3) is 1.83. The Morgan fingerprint density at radius 2 is 1.27 bits per heavy atom. The Kier molecular flexibility index (Phi) is 3.33. The van der Waals surface area contributed by atoms with Crippen molar-refractivity contribution in [2.75, 3.05) is 0 Å². The summed E-state index contributed by atoms with van der Waals surface area (Å²) in [6, 6.07) is 0. The molecule has 0 aliphatic carbocycles. The average Bonchev–Trinajstić information content (AvgIpc) is 2.16. The van der Waals surface area contributed by atoms with Crippen molar-refractivity contribution in [1.82, 2.24) is 0 Å². The van der Waals surface area contributed by atoms with Crippen LogP contribution in [0.25, 0.3) is 0 Å². The maximum atomic E-state index is 12.9. The van der Waals surface area contributed by atoms with Gasteiger partial charge >= 0.3 is 7.12 Å². The largest absolute Gasteiger partial charge is 0.494 e. The molecule has 1 aromatic rings. The van der Waals surface area contributed by atoms with Crippen molar-refractivity contribution in [3.05, 3.63) is 28.8 Å². The molecule has 0 heterocycles. The summed E-state index contributed by atoms with van der Waals surface area (Å²) in [6.07, 6.45) is 0. The van der Waals surface area contributed by atoms with E-state index in [9.17, 15) is 17.6 Å². The Morgan fingerprint density at radius 3 is 1.53 bits per heavy atom. The van der Waals surface area contributed by atoms with Crippen LogP contribution in [0.15, 0.2) is 0 Å². The summed E-state index contributed by atoms with van der Waals surface area (Å²) >= 11 is 0. The van der Waals surface area contributed by atoms with E-state index in [0.29, 0.717) is 0 Å². The number of halogens is 4. The summed E-state index contributed by atoms with van der Waals surface area (Å²) in [5.41, 5.74) is -2.73. The molecule has 8 heteroatoms. The second-order valence-electron chi connectivity index (χ2n) is 2.68. The molecule has 1 rings (SSSR count). The van der Waals surface area contributed by atoms with E-state index in [4.69, 9.17) is 15.2 Å². The van der Waals surface area contributed by atoms with Crippen LogP contribution in [0.4, 0.5) is 17.6 Å². The zero-order valence-electron chi connectivity index (χ0n) is 7.14. The van der Waals surface area contributed by atoms with E-state index in [-0.39, 0.29) is 0 Å². The molecule has 0 spiro atoms. The molecule has 0 aromatic heterocycles. The van der Waals surface area contributed by atoms with Gasteiger partial charge in [-0.3, -0.25) is 0 Å².